The van der Waals surface area contributed by atoms with Gasteiger partial charge in [0.15, 0.2) is 11.3 Å². The van der Waals surface area contributed by atoms with Crippen LogP contribution in [0.1, 0.15) is 48.6 Å². The summed E-state index contributed by atoms with van der Waals surface area (Å²) in [7, 11) is 0. The first-order valence-corrected chi connectivity index (χ1v) is 12.3. The summed E-state index contributed by atoms with van der Waals surface area (Å²) in [5, 5.41) is 37.4. The Kier molecular flexibility index (Phi) is 9.77. The average molecular weight is 599 g/mol. The minimum atomic E-state index is -4.58. The summed E-state index contributed by atoms with van der Waals surface area (Å²) in [4.78, 5) is 52.6. The molecule has 1 aromatic carbocycles. The van der Waals surface area contributed by atoms with Crippen LogP contribution in [0.2, 0.25) is 0 Å². The molecule has 42 heavy (non-hydrogen) atoms. The molecule has 4 N–H and O–H groups in total. The van der Waals surface area contributed by atoms with Gasteiger partial charge in [-0.3, -0.25) is 14.4 Å². The normalized spacial score (nSPS) is 14.3. The van der Waals surface area contributed by atoms with Crippen molar-refractivity contribution in [2.75, 3.05) is 13.1 Å². The Morgan fingerprint density at radius 3 is 2.12 bits per heavy atom. The average Bonchev–Trinajstić information content (AvgIpc) is 3.36. The number of hydrogen-bond acceptors (Lipinski definition) is 8. The van der Waals surface area contributed by atoms with E-state index < -0.39 is 54.0 Å². The van der Waals surface area contributed by atoms with Crippen molar-refractivity contribution in [1.29, 1.82) is 0 Å². The van der Waals surface area contributed by atoms with E-state index in [0.29, 0.717) is 41.7 Å². The standard InChI is InChI=1S/C19H17F4N5O.C6H8O7/c20-14-3-1-2-12(8-14)9-17(29)27-6-4-13(5-7-27)15-10-16(19(21,22)23)28-18(26-15)24-11-25-28;7-3(8)1-6(13,5(11)12)2-4(9)10/h1-3,8,10-11,13H,4-7,9H2;13H,1-2H2,(H,7,8)(H,9,10)(H,11,12). The Balaban J connectivity index is 0.000000316. The minimum Gasteiger partial charge on any atom is -0.481 e. The van der Waals surface area contributed by atoms with Crippen LogP contribution >= 0.6 is 0 Å². The SMILES string of the molecule is O=C(Cc1cccc(F)c1)N1CCC(c2cc(C(F)(F)F)n3ncnc3n2)CC1.O=C(O)CC(O)(CC(=O)O)C(=O)O. The van der Waals surface area contributed by atoms with Gasteiger partial charge < -0.3 is 25.3 Å². The van der Waals surface area contributed by atoms with Crippen LogP contribution in [-0.4, -0.2) is 87.4 Å². The molecule has 0 atom stereocenters. The van der Waals surface area contributed by atoms with Crippen LogP contribution in [0.4, 0.5) is 17.6 Å². The molecule has 1 aliphatic heterocycles. The minimum absolute atomic E-state index is 0.0879. The van der Waals surface area contributed by atoms with Crippen LogP contribution in [0.5, 0.6) is 0 Å². The lowest BCUT2D eigenvalue weighted by atomic mass is 9.92. The number of aliphatic hydroxyl groups is 1. The number of halogens is 4. The highest BCUT2D eigenvalue weighted by Gasteiger charge is 2.41. The zero-order valence-corrected chi connectivity index (χ0v) is 21.7. The van der Waals surface area contributed by atoms with Gasteiger partial charge in [0, 0.05) is 24.7 Å². The number of hydrogen-bond donors (Lipinski definition) is 4. The molecule has 1 fully saturated rings. The zero-order valence-electron chi connectivity index (χ0n) is 21.7. The number of alkyl halides is 3. The molecule has 0 aliphatic carbocycles. The lowest BCUT2D eigenvalue weighted by molar-refractivity contribution is -0.170. The molecule has 0 unspecified atom stereocenters. The van der Waals surface area contributed by atoms with E-state index in [-0.39, 0.29) is 24.0 Å². The number of carboxylic acids is 3. The smallest absolute Gasteiger partial charge is 0.433 e. The summed E-state index contributed by atoms with van der Waals surface area (Å²) in [5.74, 6) is -5.86. The number of rotatable bonds is 8. The molecule has 3 heterocycles. The fraction of sp³-hybridized carbons (Fsp3) is 0.400. The second-order valence-electron chi connectivity index (χ2n) is 9.48. The monoisotopic (exact) mass is 599 g/mol. The highest BCUT2D eigenvalue weighted by Crippen LogP contribution is 2.33. The number of carbonyl (C=O) groups is 4. The van der Waals surface area contributed by atoms with E-state index in [2.05, 4.69) is 15.1 Å². The maximum atomic E-state index is 13.3. The molecule has 0 spiro atoms. The lowest BCUT2D eigenvalue weighted by Crippen LogP contribution is -2.42. The van der Waals surface area contributed by atoms with Crippen molar-refractivity contribution in [3.8, 4) is 0 Å². The zero-order chi connectivity index (χ0) is 31.2. The van der Waals surface area contributed by atoms with Crippen molar-refractivity contribution >= 4 is 29.6 Å². The second-order valence-corrected chi connectivity index (χ2v) is 9.48. The fourth-order valence-corrected chi connectivity index (χ4v) is 4.31. The first-order valence-electron chi connectivity index (χ1n) is 12.3. The highest BCUT2D eigenvalue weighted by molar-refractivity contribution is 5.88. The molecule has 1 amide bonds. The van der Waals surface area contributed by atoms with E-state index in [1.807, 2.05) is 0 Å². The van der Waals surface area contributed by atoms with Gasteiger partial charge in [-0.1, -0.05) is 12.1 Å². The molecule has 3 aromatic rings. The Labute approximate surface area is 234 Å². The van der Waals surface area contributed by atoms with Crippen molar-refractivity contribution in [2.45, 2.75) is 49.8 Å². The molecule has 13 nitrogen and oxygen atoms in total. The number of nitrogens with zero attached hydrogens (tertiary/aromatic N) is 5. The maximum Gasteiger partial charge on any atom is 0.433 e. The Bertz CT molecular complexity index is 1450. The van der Waals surface area contributed by atoms with Gasteiger partial charge in [0.25, 0.3) is 5.78 Å². The van der Waals surface area contributed by atoms with Crippen molar-refractivity contribution in [2.24, 2.45) is 0 Å². The molecule has 2 aromatic heterocycles. The van der Waals surface area contributed by atoms with Crippen LogP contribution in [0.25, 0.3) is 5.78 Å². The molecule has 1 aliphatic rings. The molecule has 1 saturated heterocycles. The van der Waals surface area contributed by atoms with Gasteiger partial charge in [0.05, 0.1) is 19.3 Å². The van der Waals surface area contributed by atoms with Gasteiger partial charge in [-0.05, 0) is 36.6 Å². The van der Waals surface area contributed by atoms with E-state index in [1.165, 1.54) is 12.1 Å². The number of fused-ring (bicyclic) bond motifs is 1. The van der Waals surface area contributed by atoms with E-state index in [1.54, 1.807) is 17.0 Å². The van der Waals surface area contributed by atoms with Crippen molar-refractivity contribution in [3.05, 3.63) is 59.4 Å². The third-order valence-corrected chi connectivity index (χ3v) is 6.36. The molecule has 17 heteroatoms. The number of amides is 1. The Morgan fingerprint density at radius 2 is 1.60 bits per heavy atom. The fourth-order valence-electron chi connectivity index (χ4n) is 4.31. The summed E-state index contributed by atoms with van der Waals surface area (Å²) in [6.07, 6.45) is -4.76. The van der Waals surface area contributed by atoms with E-state index in [0.717, 1.165) is 12.4 Å². The number of aromatic nitrogens is 4. The largest absolute Gasteiger partial charge is 0.481 e. The molecule has 0 radical (unpaired) electrons. The Morgan fingerprint density at radius 1 is 0.976 bits per heavy atom. The third kappa shape index (κ3) is 8.18. The van der Waals surface area contributed by atoms with E-state index in [9.17, 15) is 36.7 Å². The van der Waals surface area contributed by atoms with E-state index in [4.69, 9.17) is 20.4 Å². The molecule has 0 bridgehead atoms. The van der Waals surface area contributed by atoms with Crippen LogP contribution in [0, 0.1) is 5.82 Å². The van der Waals surface area contributed by atoms with Gasteiger partial charge in [-0.15, -0.1) is 0 Å². The van der Waals surface area contributed by atoms with Crippen LogP contribution in [0.3, 0.4) is 0 Å². The predicted molar refractivity (Wildman–Crippen MR) is 132 cm³/mol. The lowest BCUT2D eigenvalue weighted by Gasteiger charge is -2.32. The highest BCUT2D eigenvalue weighted by atomic mass is 19.4. The topological polar surface area (TPSA) is 196 Å². The first-order chi connectivity index (χ1) is 19.6. The summed E-state index contributed by atoms with van der Waals surface area (Å²) in [5.41, 5.74) is -2.77. The second kappa shape index (κ2) is 12.9. The predicted octanol–water partition coefficient (Wildman–Crippen LogP) is 1.98. The van der Waals surface area contributed by atoms with Crippen LogP contribution in [0.15, 0.2) is 36.7 Å². The van der Waals surface area contributed by atoms with Crippen molar-refractivity contribution in [3.63, 3.8) is 0 Å². The Hall–Kier alpha value is -4.67. The quantitative estimate of drug-likeness (QED) is 0.277. The number of carboxylic acid groups (broad SMARTS) is 3. The first kappa shape index (κ1) is 31.9. The summed E-state index contributed by atoms with van der Waals surface area (Å²) in [6, 6.07) is 6.88. The van der Waals surface area contributed by atoms with Gasteiger partial charge in [-0.2, -0.15) is 27.8 Å². The molecular weight excluding hydrogens is 574 g/mol. The van der Waals surface area contributed by atoms with Gasteiger partial charge in [0.1, 0.15) is 12.1 Å². The number of likely N-dealkylation sites (tertiary alicyclic amines) is 1. The summed E-state index contributed by atoms with van der Waals surface area (Å²) < 4.78 is 54.0. The summed E-state index contributed by atoms with van der Waals surface area (Å²) >= 11 is 0. The number of piperidine rings is 1. The van der Waals surface area contributed by atoms with Crippen LogP contribution in [-0.2, 0) is 31.8 Å². The molecular formula is C25H25F4N5O8. The maximum absolute atomic E-state index is 13.3. The van der Waals surface area contributed by atoms with Gasteiger partial charge in [-0.25, -0.2) is 14.2 Å². The van der Waals surface area contributed by atoms with Crippen molar-refractivity contribution in [1.82, 2.24) is 24.5 Å². The molecule has 226 valence electrons. The third-order valence-electron chi connectivity index (χ3n) is 6.36. The van der Waals surface area contributed by atoms with Gasteiger partial charge in [0.2, 0.25) is 5.91 Å². The number of benzene rings is 1. The number of aliphatic carboxylic acids is 3. The van der Waals surface area contributed by atoms with E-state index >= 15 is 0 Å². The van der Waals surface area contributed by atoms with Crippen LogP contribution < -0.4 is 0 Å². The number of carbonyl (C=O) groups excluding carboxylic acids is 1. The molecule has 4 rings (SSSR count). The van der Waals surface area contributed by atoms with Crippen molar-refractivity contribution < 1.29 is 57.2 Å². The van der Waals surface area contributed by atoms with Gasteiger partial charge >= 0.3 is 24.1 Å². The summed E-state index contributed by atoms with van der Waals surface area (Å²) in [6.45, 7) is 0.805. The molecule has 0 saturated carbocycles.